The van der Waals surface area contributed by atoms with Crippen LogP contribution in [0.15, 0.2) is 24.3 Å². The molecule has 7 heteroatoms. The molecule has 27 heavy (non-hydrogen) atoms. The Morgan fingerprint density at radius 3 is 2.44 bits per heavy atom. The van der Waals surface area contributed by atoms with E-state index in [9.17, 15) is 9.81 Å². The SMILES string of the molecule is CC(C)(C#N)[C@H](CCC1(c2cccc(Cl)c2)OCCO1)N[S@+]([O-])C(C)(C)C. The first-order chi connectivity index (χ1) is 12.5. The van der Waals surface area contributed by atoms with Crippen LogP contribution >= 0.6 is 11.6 Å². The second kappa shape index (κ2) is 8.69. The molecule has 1 fully saturated rings. The van der Waals surface area contributed by atoms with Crippen LogP contribution in [0.1, 0.15) is 53.0 Å². The predicted molar refractivity (Wildman–Crippen MR) is 108 cm³/mol. The Morgan fingerprint density at radius 2 is 1.93 bits per heavy atom. The van der Waals surface area contributed by atoms with Gasteiger partial charge in [-0.1, -0.05) is 23.7 Å². The van der Waals surface area contributed by atoms with E-state index in [2.05, 4.69) is 10.8 Å². The molecule has 150 valence electrons. The standard InChI is InChI=1S/C20H29ClN2O3S/c1-18(2,3)27(24)23-17(19(4,5)14-22)9-10-20(25-11-12-26-20)15-7-6-8-16(21)13-15/h6-8,13,17,23H,9-12H2,1-5H3/t17-,27+/m0/s1. The number of hydrogen-bond donors (Lipinski definition) is 1. The molecule has 1 aliphatic rings. The third kappa shape index (κ3) is 5.60. The summed E-state index contributed by atoms with van der Waals surface area (Å²) in [5, 5.41) is 10.2. The van der Waals surface area contributed by atoms with Crippen LogP contribution in [0.4, 0.5) is 0 Å². The molecule has 2 rings (SSSR count). The monoisotopic (exact) mass is 412 g/mol. The van der Waals surface area contributed by atoms with Crippen LogP contribution in [0, 0.1) is 16.7 Å². The Labute approximate surface area is 170 Å². The van der Waals surface area contributed by atoms with E-state index < -0.39 is 27.3 Å². The van der Waals surface area contributed by atoms with Gasteiger partial charge in [0.1, 0.15) is 4.75 Å². The molecule has 1 saturated heterocycles. The maximum atomic E-state index is 12.6. The fraction of sp³-hybridized carbons (Fsp3) is 0.650. The molecule has 1 heterocycles. The second-order valence-electron chi connectivity index (χ2n) is 8.38. The third-order valence-corrected chi connectivity index (χ3v) is 6.59. The van der Waals surface area contributed by atoms with Crippen molar-refractivity contribution in [3.05, 3.63) is 34.9 Å². The summed E-state index contributed by atoms with van der Waals surface area (Å²) in [6.45, 7) is 10.4. The molecule has 0 aliphatic carbocycles. The fourth-order valence-electron chi connectivity index (χ4n) is 2.92. The molecular formula is C20H29ClN2O3S. The highest BCUT2D eigenvalue weighted by molar-refractivity contribution is 7.90. The summed E-state index contributed by atoms with van der Waals surface area (Å²) >= 11 is 4.87. The number of rotatable bonds is 7. The topological polar surface area (TPSA) is 77.3 Å². The van der Waals surface area contributed by atoms with E-state index in [1.807, 2.05) is 58.9 Å². The van der Waals surface area contributed by atoms with Gasteiger partial charge in [0.2, 0.25) is 0 Å². The summed E-state index contributed by atoms with van der Waals surface area (Å²) in [6, 6.07) is 9.51. The molecule has 0 saturated carbocycles. The summed E-state index contributed by atoms with van der Waals surface area (Å²) in [6.07, 6.45) is 1.09. The number of halogens is 1. The zero-order valence-electron chi connectivity index (χ0n) is 16.7. The fourth-order valence-corrected chi connectivity index (χ4v) is 4.14. The van der Waals surface area contributed by atoms with Gasteiger partial charge in [-0.3, -0.25) is 0 Å². The number of nitrogens with zero attached hydrogens (tertiary/aromatic N) is 1. The normalized spacial score (nSPS) is 19.5. The van der Waals surface area contributed by atoms with Crippen molar-refractivity contribution in [2.45, 2.75) is 64.0 Å². The molecule has 1 aliphatic heterocycles. The Balaban J connectivity index is 2.22. The summed E-state index contributed by atoms with van der Waals surface area (Å²) in [4.78, 5) is 0. The Kier molecular flexibility index (Phi) is 7.23. The first-order valence-electron chi connectivity index (χ1n) is 9.13. The lowest BCUT2D eigenvalue weighted by atomic mass is 9.82. The van der Waals surface area contributed by atoms with E-state index >= 15 is 0 Å². The molecule has 0 unspecified atom stereocenters. The van der Waals surface area contributed by atoms with Gasteiger partial charge in [-0.25, -0.2) is 0 Å². The predicted octanol–water partition coefficient (Wildman–Crippen LogP) is 4.29. The van der Waals surface area contributed by atoms with Gasteiger partial charge in [0.25, 0.3) is 0 Å². The van der Waals surface area contributed by atoms with Gasteiger partial charge in [-0.2, -0.15) is 5.26 Å². The van der Waals surface area contributed by atoms with Gasteiger partial charge in [0.15, 0.2) is 5.79 Å². The van der Waals surface area contributed by atoms with Crippen LogP contribution in [0.3, 0.4) is 0 Å². The van der Waals surface area contributed by atoms with Crippen molar-refractivity contribution in [1.29, 1.82) is 5.26 Å². The summed E-state index contributed by atoms with van der Waals surface area (Å²) in [7, 11) is 0. The highest BCUT2D eigenvalue weighted by Gasteiger charge is 2.43. The molecular weight excluding hydrogens is 384 g/mol. The average Bonchev–Trinajstić information content (AvgIpc) is 3.07. The van der Waals surface area contributed by atoms with E-state index in [1.54, 1.807) is 0 Å². The number of nitrogens with one attached hydrogen (secondary N) is 1. The van der Waals surface area contributed by atoms with E-state index in [1.165, 1.54) is 0 Å². The van der Waals surface area contributed by atoms with Crippen molar-refractivity contribution in [2.75, 3.05) is 13.2 Å². The lowest BCUT2D eigenvalue weighted by Gasteiger charge is -2.35. The van der Waals surface area contributed by atoms with Gasteiger partial charge < -0.3 is 14.0 Å². The number of nitriles is 1. The van der Waals surface area contributed by atoms with Crippen molar-refractivity contribution >= 4 is 23.0 Å². The van der Waals surface area contributed by atoms with E-state index in [0.29, 0.717) is 31.1 Å². The highest BCUT2D eigenvalue weighted by Crippen LogP contribution is 2.39. The van der Waals surface area contributed by atoms with Crippen LogP contribution in [-0.4, -0.2) is 28.6 Å². The average molecular weight is 413 g/mol. The Bertz CT molecular complexity index is 679. The van der Waals surface area contributed by atoms with Crippen LogP contribution in [0.5, 0.6) is 0 Å². The van der Waals surface area contributed by atoms with Gasteiger partial charge >= 0.3 is 0 Å². The number of ether oxygens (including phenoxy) is 2. The Hall–Kier alpha value is -0.810. The maximum Gasteiger partial charge on any atom is 0.195 e. The molecule has 5 nitrogen and oxygen atoms in total. The summed E-state index contributed by atoms with van der Waals surface area (Å²) in [5.41, 5.74) is 0.160. The highest BCUT2D eigenvalue weighted by atomic mass is 35.5. The van der Waals surface area contributed by atoms with E-state index in [-0.39, 0.29) is 6.04 Å². The molecule has 1 aromatic carbocycles. The minimum atomic E-state index is -1.28. The van der Waals surface area contributed by atoms with Gasteiger partial charge in [0.05, 0.1) is 30.7 Å². The molecule has 1 aromatic rings. The second-order valence-corrected chi connectivity index (χ2v) is 10.8. The van der Waals surface area contributed by atoms with Crippen molar-refractivity contribution in [1.82, 2.24) is 4.72 Å². The minimum Gasteiger partial charge on any atom is -0.598 e. The summed E-state index contributed by atoms with van der Waals surface area (Å²) in [5.74, 6) is -0.889. The molecule has 0 spiro atoms. The van der Waals surface area contributed by atoms with Crippen molar-refractivity contribution in [2.24, 2.45) is 5.41 Å². The van der Waals surface area contributed by atoms with E-state index in [4.69, 9.17) is 21.1 Å². The van der Waals surface area contributed by atoms with Crippen molar-refractivity contribution in [3.63, 3.8) is 0 Å². The van der Waals surface area contributed by atoms with Crippen molar-refractivity contribution in [3.8, 4) is 6.07 Å². The zero-order chi connectivity index (χ0) is 20.3. The van der Waals surface area contributed by atoms with E-state index in [0.717, 1.165) is 5.56 Å². The molecule has 0 aromatic heterocycles. The molecule has 2 atom stereocenters. The zero-order valence-corrected chi connectivity index (χ0v) is 18.2. The van der Waals surface area contributed by atoms with Crippen molar-refractivity contribution < 1.29 is 14.0 Å². The lowest BCUT2D eigenvalue weighted by molar-refractivity contribution is -0.173. The van der Waals surface area contributed by atoms with Crippen LogP contribution < -0.4 is 4.72 Å². The first-order valence-corrected chi connectivity index (χ1v) is 10.7. The lowest BCUT2D eigenvalue weighted by Crippen LogP contribution is -2.50. The summed E-state index contributed by atoms with van der Waals surface area (Å²) < 4.78 is 27.3. The van der Waals surface area contributed by atoms with Gasteiger partial charge in [-0.15, -0.1) is 4.72 Å². The third-order valence-electron chi connectivity index (χ3n) is 4.75. The Morgan fingerprint density at radius 1 is 1.30 bits per heavy atom. The molecule has 1 N–H and O–H groups in total. The van der Waals surface area contributed by atoms with Crippen LogP contribution in [-0.2, 0) is 26.6 Å². The van der Waals surface area contributed by atoms with Crippen LogP contribution in [0.25, 0.3) is 0 Å². The number of benzene rings is 1. The number of hydrogen-bond acceptors (Lipinski definition) is 5. The smallest absolute Gasteiger partial charge is 0.195 e. The van der Waals surface area contributed by atoms with Gasteiger partial charge in [0, 0.05) is 28.4 Å². The first kappa shape index (κ1) is 22.5. The molecule has 0 amide bonds. The molecule has 0 bridgehead atoms. The molecule has 0 radical (unpaired) electrons. The largest absolute Gasteiger partial charge is 0.598 e. The minimum absolute atomic E-state index is 0.286. The maximum absolute atomic E-state index is 12.6. The quantitative estimate of drug-likeness (QED) is 0.676. The van der Waals surface area contributed by atoms with Crippen LogP contribution in [0.2, 0.25) is 5.02 Å². The van der Waals surface area contributed by atoms with Gasteiger partial charge in [-0.05, 0) is 53.2 Å².